The van der Waals surface area contributed by atoms with Gasteiger partial charge in [0.1, 0.15) is 5.75 Å². The van der Waals surface area contributed by atoms with Crippen LogP contribution in [-0.4, -0.2) is 41.8 Å². The molecule has 1 N–H and O–H groups in total. The van der Waals surface area contributed by atoms with E-state index in [2.05, 4.69) is 29.2 Å². The summed E-state index contributed by atoms with van der Waals surface area (Å²) < 4.78 is 5.32. The molecular formula is C23H24N2O3. The number of Topliss-reactive ketones (excluding diaryl/α,β-unsaturated/α-hetero) is 1. The third kappa shape index (κ3) is 3.52. The summed E-state index contributed by atoms with van der Waals surface area (Å²) in [6.07, 6.45) is 4.49. The van der Waals surface area contributed by atoms with Crippen LogP contribution in [-0.2, 0) is 11.2 Å². The van der Waals surface area contributed by atoms with Gasteiger partial charge in [-0.3, -0.25) is 9.59 Å². The number of H-pyrrole nitrogens is 1. The van der Waals surface area contributed by atoms with Gasteiger partial charge < -0.3 is 14.6 Å². The van der Waals surface area contributed by atoms with Crippen LogP contribution < -0.4 is 4.74 Å². The lowest BCUT2D eigenvalue weighted by molar-refractivity contribution is -0.127. The normalized spacial score (nSPS) is 15.0. The van der Waals surface area contributed by atoms with E-state index in [0.717, 1.165) is 30.2 Å². The largest absolute Gasteiger partial charge is 0.495 e. The molecule has 0 spiro atoms. The third-order valence-corrected chi connectivity index (χ3v) is 5.60. The predicted octanol–water partition coefficient (Wildman–Crippen LogP) is 3.84. The minimum absolute atomic E-state index is 0.408. The summed E-state index contributed by atoms with van der Waals surface area (Å²) >= 11 is 0. The quantitative estimate of drug-likeness (QED) is 0.544. The molecule has 5 nitrogen and oxygen atoms in total. The van der Waals surface area contributed by atoms with Crippen molar-refractivity contribution in [1.29, 1.82) is 0 Å². The van der Waals surface area contributed by atoms with E-state index < -0.39 is 11.7 Å². The van der Waals surface area contributed by atoms with Crippen molar-refractivity contribution in [1.82, 2.24) is 9.88 Å². The van der Waals surface area contributed by atoms with Gasteiger partial charge in [0.2, 0.25) is 0 Å². The van der Waals surface area contributed by atoms with Gasteiger partial charge in [-0.05, 0) is 36.8 Å². The molecule has 2 aromatic carbocycles. The van der Waals surface area contributed by atoms with Crippen molar-refractivity contribution in [3.05, 3.63) is 65.9 Å². The number of amides is 1. The number of nitrogens with one attached hydrogen (secondary N) is 1. The first-order valence-corrected chi connectivity index (χ1v) is 9.69. The highest BCUT2D eigenvalue weighted by Gasteiger charge is 2.29. The average molecular weight is 376 g/mol. The number of ketones is 1. The lowest BCUT2D eigenvalue weighted by atomic mass is 9.90. The Morgan fingerprint density at radius 3 is 2.54 bits per heavy atom. The van der Waals surface area contributed by atoms with E-state index >= 15 is 0 Å². The van der Waals surface area contributed by atoms with Crippen LogP contribution in [0.2, 0.25) is 0 Å². The number of carbonyl (C=O) groups is 2. The minimum Gasteiger partial charge on any atom is -0.495 e. The number of methoxy groups -OCH3 is 1. The standard InChI is InChI=1S/C23H24N2O3/c1-28-20-9-5-8-18-19(15-24-21(18)20)22(26)23(27)25-12-10-17(11-13-25)14-16-6-3-2-4-7-16/h2-9,15,17,24H,10-14H2,1H3. The maximum absolute atomic E-state index is 12.8. The highest BCUT2D eigenvalue weighted by Crippen LogP contribution is 2.28. The zero-order chi connectivity index (χ0) is 19.5. The van der Waals surface area contributed by atoms with Crippen LogP contribution in [0.5, 0.6) is 5.75 Å². The first kappa shape index (κ1) is 18.3. The lowest BCUT2D eigenvalue weighted by Gasteiger charge is -2.31. The highest BCUT2D eigenvalue weighted by molar-refractivity contribution is 6.45. The van der Waals surface area contributed by atoms with E-state index in [-0.39, 0.29) is 0 Å². The fraction of sp³-hybridized carbons (Fsp3) is 0.304. The molecule has 0 bridgehead atoms. The van der Waals surface area contributed by atoms with E-state index in [1.165, 1.54) is 5.56 Å². The molecule has 5 heteroatoms. The molecule has 0 aliphatic carbocycles. The number of carbonyl (C=O) groups excluding carboxylic acids is 2. The van der Waals surface area contributed by atoms with E-state index in [4.69, 9.17) is 4.74 Å². The molecule has 3 aromatic rings. The van der Waals surface area contributed by atoms with Crippen molar-refractivity contribution in [3.63, 3.8) is 0 Å². The van der Waals surface area contributed by atoms with E-state index in [1.807, 2.05) is 24.3 Å². The number of fused-ring (bicyclic) bond motifs is 1. The molecule has 0 atom stereocenters. The molecule has 1 fully saturated rings. The second-order valence-electron chi connectivity index (χ2n) is 7.34. The Balaban J connectivity index is 1.42. The molecule has 28 heavy (non-hydrogen) atoms. The number of piperidine rings is 1. The summed E-state index contributed by atoms with van der Waals surface area (Å²) in [5.41, 5.74) is 2.48. The number of ether oxygens (including phenoxy) is 1. The molecule has 1 aliphatic rings. The van der Waals surface area contributed by atoms with Crippen LogP contribution in [0, 0.1) is 5.92 Å². The summed E-state index contributed by atoms with van der Waals surface area (Å²) in [6.45, 7) is 1.27. The van der Waals surface area contributed by atoms with Crippen LogP contribution in [0.15, 0.2) is 54.7 Å². The second-order valence-corrected chi connectivity index (χ2v) is 7.34. The number of rotatable bonds is 5. The summed E-state index contributed by atoms with van der Waals surface area (Å²) in [7, 11) is 1.59. The Hall–Kier alpha value is -3.08. The SMILES string of the molecule is COc1cccc2c(C(=O)C(=O)N3CCC(Cc4ccccc4)CC3)c[nH]c12. The number of aromatic amines is 1. The maximum Gasteiger partial charge on any atom is 0.295 e. The van der Waals surface area contributed by atoms with Gasteiger partial charge in [-0.2, -0.15) is 0 Å². The van der Waals surface area contributed by atoms with Gasteiger partial charge in [-0.25, -0.2) is 0 Å². The Morgan fingerprint density at radius 1 is 1.07 bits per heavy atom. The van der Waals surface area contributed by atoms with Gasteiger partial charge in [0, 0.05) is 24.7 Å². The summed E-state index contributed by atoms with van der Waals surface area (Å²) in [5, 5.41) is 0.719. The molecule has 0 unspecified atom stereocenters. The second kappa shape index (κ2) is 7.89. The Labute approximate surface area is 164 Å². The molecule has 1 aliphatic heterocycles. The Bertz CT molecular complexity index is 986. The molecule has 1 aromatic heterocycles. The van der Waals surface area contributed by atoms with Crippen LogP contribution in [0.1, 0.15) is 28.8 Å². The van der Waals surface area contributed by atoms with Crippen LogP contribution in [0.3, 0.4) is 0 Å². The fourth-order valence-corrected chi connectivity index (χ4v) is 4.03. The third-order valence-electron chi connectivity index (χ3n) is 5.60. The zero-order valence-electron chi connectivity index (χ0n) is 16.0. The van der Waals surface area contributed by atoms with Crippen molar-refractivity contribution in [2.24, 2.45) is 5.92 Å². The Kier molecular flexibility index (Phi) is 5.15. The molecular weight excluding hydrogens is 352 g/mol. The van der Waals surface area contributed by atoms with E-state index in [9.17, 15) is 9.59 Å². The topological polar surface area (TPSA) is 62.4 Å². The van der Waals surface area contributed by atoms with Crippen LogP contribution in [0.4, 0.5) is 0 Å². The Morgan fingerprint density at radius 2 is 1.82 bits per heavy atom. The molecule has 1 saturated heterocycles. The van der Waals surface area contributed by atoms with Gasteiger partial charge in [0.15, 0.2) is 0 Å². The van der Waals surface area contributed by atoms with E-state index in [1.54, 1.807) is 18.2 Å². The average Bonchev–Trinajstić information content (AvgIpc) is 3.18. The van der Waals surface area contributed by atoms with E-state index in [0.29, 0.717) is 30.3 Å². The number of likely N-dealkylation sites (tertiary alicyclic amines) is 1. The van der Waals surface area contributed by atoms with Crippen molar-refractivity contribution < 1.29 is 14.3 Å². The number of benzene rings is 2. The van der Waals surface area contributed by atoms with Gasteiger partial charge >= 0.3 is 0 Å². The molecule has 1 amide bonds. The molecule has 2 heterocycles. The van der Waals surface area contributed by atoms with Crippen molar-refractivity contribution in [2.45, 2.75) is 19.3 Å². The number of para-hydroxylation sites is 1. The van der Waals surface area contributed by atoms with Crippen molar-refractivity contribution in [3.8, 4) is 5.75 Å². The van der Waals surface area contributed by atoms with Crippen LogP contribution >= 0.6 is 0 Å². The smallest absolute Gasteiger partial charge is 0.295 e. The van der Waals surface area contributed by atoms with Crippen LogP contribution in [0.25, 0.3) is 10.9 Å². The first-order chi connectivity index (χ1) is 13.7. The van der Waals surface area contributed by atoms with Gasteiger partial charge in [-0.15, -0.1) is 0 Å². The number of aromatic nitrogens is 1. The molecule has 144 valence electrons. The molecule has 0 saturated carbocycles. The van der Waals surface area contributed by atoms with Gasteiger partial charge in [0.25, 0.3) is 11.7 Å². The number of hydrogen-bond donors (Lipinski definition) is 1. The summed E-state index contributed by atoms with van der Waals surface area (Å²) in [5.74, 6) is 0.340. The predicted molar refractivity (Wildman–Crippen MR) is 109 cm³/mol. The van der Waals surface area contributed by atoms with Crippen molar-refractivity contribution >= 4 is 22.6 Å². The summed E-state index contributed by atoms with van der Waals surface area (Å²) in [4.78, 5) is 30.4. The van der Waals surface area contributed by atoms with Gasteiger partial charge in [0.05, 0.1) is 18.2 Å². The monoisotopic (exact) mass is 376 g/mol. The number of hydrogen-bond acceptors (Lipinski definition) is 3. The minimum atomic E-state index is -0.457. The molecule has 4 rings (SSSR count). The fourth-order valence-electron chi connectivity index (χ4n) is 4.03. The summed E-state index contributed by atoms with van der Waals surface area (Å²) in [6, 6.07) is 15.9. The maximum atomic E-state index is 12.8. The lowest BCUT2D eigenvalue weighted by Crippen LogP contribution is -2.42. The zero-order valence-corrected chi connectivity index (χ0v) is 16.0. The van der Waals surface area contributed by atoms with Gasteiger partial charge in [-0.1, -0.05) is 42.5 Å². The van der Waals surface area contributed by atoms with Crippen molar-refractivity contribution in [2.75, 3.05) is 20.2 Å². The highest BCUT2D eigenvalue weighted by atomic mass is 16.5. The molecule has 0 radical (unpaired) electrons. The number of nitrogens with zero attached hydrogens (tertiary/aromatic N) is 1. The first-order valence-electron chi connectivity index (χ1n) is 9.69.